The Balaban J connectivity index is 1.37. The van der Waals surface area contributed by atoms with Gasteiger partial charge in [0.05, 0.1) is 17.7 Å². The second-order valence-electron chi connectivity index (χ2n) is 8.64. The van der Waals surface area contributed by atoms with Crippen LogP contribution in [0.25, 0.3) is 6.08 Å². The summed E-state index contributed by atoms with van der Waals surface area (Å²) in [7, 11) is -3.68. The minimum absolute atomic E-state index is 0.117. The van der Waals surface area contributed by atoms with Gasteiger partial charge in [-0.25, -0.2) is 8.42 Å². The molecule has 3 aromatic rings. The maximum absolute atomic E-state index is 13.0. The molecule has 3 heterocycles. The van der Waals surface area contributed by atoms with Gasteiger partial charge < -0.3 is 13.9 Å². The summed E-state index contributed by atoms with van der Waals surface area (Å²) in [5.74, 6) is 0.596. The molecule has 1 saturated heterocycles. The fraction of sp³-hybridized carbons (Fsp3) is 0.308. The summed E-state index contributed by atoms with van der Waals surface area (Å²) in [6.45, 7) is 7.14. The predicted octanol–water partition coefficient (Wildman–Crippen LogP) is 3.50. The highest BCUT2D eigenvalue weighted by Crippen LogP contribution is 2.21. The molecule has 0 radical (unpaired) electrons. The van der Waals surface area contributed by atoms with Crippen molar-refractivity contribution in [3.63, 3.8) is 0 Å². The lowest BCUT2D eigenvalue weighted by Gasteiger charge is -2.33. The maximum atomic E-state index is 13.0. The molecule has 0 bridgehead atoms. The molecule has 4 rings (SSSR count). The van der Waals surface area contributed by atoms with Crippen LogP contribution in [0.2, 0.25) is 0 Å². The number of ketones is 1. The second kappa shape index (κ2) is 10.1. The summed E-state index contributed by atoms with van der Waals surface area (Å²) in [5, 5.41) is 0. The quantitative estimate of drug-likeness (QED) is 0.370. The maximum Gasteiger partial charge on any atom is 0.246 e. The van der Waals surface area contributed by atoms with Gasteiger partial charge in [0.2, 0.25) is 15.9 Å². The van der Waals surface area contributed by atoms with E-state index in [1.54, 1.807) is 17.2 Å². The molecule has 184 valence electrons. The Morgan fingerprint density at radius 3 is 2.31 bits per heavy atom. The van der Waals surface area contributed by atoms with Crippen molar-refractivity contribution in [2.45, 2.75) is 32.2 Å². The topological polar surface area (TPSA) is 92.8 Å². The van der Waals surface area contributed by atoms with Gasteiger partial charge in [0, 0.05) is 49.2 Å². The number of furan rings is 1. The van der Waals surface area contributed by atoms with Gasteiger partial charge in [0.1, 0.15) is 5.76 Å². The van der Waals surface area contributed by atoms with E-state index in [0.29, 0.717) is 25.2 Å². The molecule has 1 aliphatic heterocycles. The van der Waals surface area contributed by atoms with E-state index in [1.807, 2.05) is 38.1 Å². The zero-order chi connectivity index (χ0) is 25.2. The monoisotopic (exact) mass is 495 g/mol. The molecule has 9 heteroatoms. The average Bonchev–Trinajstić information content (AvgIpc) is 3.46. The van der Waals surface area contributed by atoms with Gasteiger partial charge in [-0.05, 0) is 62.7 Å². The van der Waals surface area contributed by atoms with Gasteiger partial charge in [0.25, 0.3) is 0 Å². The van der Waals surface area contributed by atoms with E-state index in [4.69, 9.17) is 4.42 Å². The van der Waals surface area contributed by atoms with Crippen molar-refractivity contribution in [2.75, 3.05) is 26.2 Å². The van der Waals surface area contributed by atoms with Crippen molar-refractivity contribution in [3.05, 3.63) is 83.1 Å². The molecule has 0 aliphatic carbocycles. The normalized spacial score (nSPS) is 15.1. The van der Waals surface area contributed by atoms with Crippen LogP contribution in [0.1, 0.15) is 40.0 Å². The highest BCUT2D eigenvalue weighted by molar-refractivity contribution is 7.89. The standard InChI is InChI=1S/C26H29N3O5S/c1-19-17-23(20(2)29(19)18-24-5-4-16-34-24)8-11-26(31)27-12-14-28(15-13-27)35(32,33)25-9-6-22(7-10-25)21(3)30/h4-11,16-17H,12-15,18H2,1-3H3. The smallest absolute Gasteiger partial charge is 0.246 e. The number of nitrogens with zero attached hydrogens (tertiary/aromatic N) is 3. The van der Waals surface area contributed by atoms with Crippen molar-refractivity contribution < 1.29 is 22.4 Å². The van der Waals surface area contributed by atoms with Crippen LogP contribution >= 0.6 is 0 Å². The zero-order valence-corrected chi connectivity index (χ0v) is 20.9. The summed E-state index contributed by atoms with van der Waals surface area (Å²) in [4.78, 5) is 26.0. The molecule has 35 heavy (non-hydrogen) atoms. The SMILES string of the molecule is CC(=O)c1ccc(S(=O)(=O)N2CCN(C(=O)C=Cc3cc(C)n(Cc4ccco4)c3C)CC2)cc1. The lowest BCUT2D eigenvalue weighted by atomic mass is 10.2. The summed E-state index contributed by atoms with van der Waals surface area (Å²) in [6, 6.07) is 11.8. The van der Waals surface area contributed by atoms with Crippen molar-refractivity contribution >= 4 is 27.8 Å². The molecule has 0 unspecified atom stereocenters. The van der Waals surface area contributed by atoms with Gasteiger partial charge >= 0.3 is 0 Å². The summed E-state index contributed by atoms with van der Waals surface area (Å²) < 4.78 is 34.9. The molecule has 0 spiro atoms. The first-order valence-electron chi connectivity index (χ1n) is 11.4. The van der Waals surface area contributed by atoms with E-state index in [2.05, 4.69) is 4.57 Å². The van der Waals surface area contributed by atoms with Crippen molar-refractivity contribution in [2.24, 2.45) is 0 Å². The molecule has 8 nitrogen and oxygen atoms in total. The second-order valence-corrected chi connectivity index (χ2v) is 10.6. The number of amides is 1. The third-order valence-corrected chi connectivity index (χ3v) is 8.27. The third-order valence-electron chi connectivity index (χ3n) is 6.36. The number of Topliss-reactive ketones (excluding diaryl/α,β-unsaturated/α-hetero) is 1. The molecule has 0 atom stereocenters. The average molecular weight is 496 g/mol. The lowest BCUT2D eigenvalue weighted by Crippen LogP contribution is -2.50. The number of aryl methyl sites for hydroxylation is 1. The Labute approximate surface area is 205 Å². The number of carbonyl (C=O) groups excluding carboxylic acids is 2. The van der Waals surface area contributed by atoms with Gasteiger partial charge in [0.15, 0.2) is 5.78 Å². The molecular formula is C26H29N3O5S. The number of carbonyl (C=O) groups is 2. The minimum atomic E-state index is -3.68. The number of rotatable bonds is 7. The zero-order valence-electron chi connectivity index (χ0n) is 20.1. The number of aromatic nitrogens is 1. The van der Waals surface area contributed by atoms with Crippen LogP contribution in [0.4, 0.5) is 0 Å². The van der Waals surface area contributed by atoms with Crippen LogP contribution in [0.5, 0.6) is 0 Å². The summed E-state index contributed by atoms with van der Waals surface area (Å²) >= 11 is 0. The Morgan fingerprint density at radius 1 is 1.03 bits per heavy atom. The minimum Gasteiger partial charge on any atom is -0.467 e. The lowest BCUT2D eigenvalue weighted by molar-refractivity contribution is -0.127. The van der Waals surface area contributed by atoms with Crippen molar-refractivity contribution in [3.8, 4) is 0 Å². The molecular weight excluding hydrogens is 466 g/mol. The van der Waals surface area contributed by atoms with Gasteiger partial charge in [-0.1, -0.05) is 12.1 Å². The van der Waals surface area contributed by atoms with Gasteiger partial charge in [-0.15, -0.1) is 0 Å². The van der Waals surface area contributed by atoms with Gasteiger partial charge in [-0.2, -0.15) is 4.31 Å². The van der Waals surface area contributed by atoms with Crippen LogP contribution in [-0.4, -0.2) is 60.1 Å². The van der Waals surface area contributed by atoms with E-state index >= 15 is 0 Å². The molecule has 0 N–H and O–H groups in total. The van der Waals surface area contributed by atoms with Crippen LogP contribution in [0.15, 0.2) is 64.1 Å². The predicted molar refractivity (Wildman–Crippen MR) is 133 cm³/mol. The van der Waals surface area contributed by atoms with Crippen LogP contribution < -0.4 is 0 Å². The van der Waals surface area contributed by atoms with Crippen LogP contribution in [0, 0.1) is 13.8 Å². The molecule has 1 fully saturated rings. The Bertz CT molecular complexity index is 1340. The van der Waals surface area contributed by atoms with Crippen molar-refractivity contribution in [1.82, 2.24) is 13.8 Å². The van der Waals surface area contributed by atoms with E-state index in [0.717, 1.165) is 22.7 Å². The Morgan fingerprint density at radius 2 is 1.71 bits per heavy atom. The molecule has 1 amide bonds. The molecule has 1 aromatic carbocycles. The molecule has 1 aliphatic rings. The third kappa shape index (κ3) is 5.31. The first-order chi connectivity index (χ1) is 16.7. The van der Waals surface area contributed by atoms with Crippen LogP contribution in [0.3, 0.4) is 0 Å². The number of hydrogen-bond acceptors (Lipinski definition) is 5. The van der Waals surface area contributed by atoms with E-state index in [-0.39, 0.29) is 29.7 Å². The molecule has 2 aromatic heterocycles. The molecule has 0 saturated carbocycles. The highest BCUT2D eigenvalue weighted by atomic mass is 32.2. The summed E-state index contributed by atoms with van der Waals surface area (Å²) in [5.41, 5.74) is 3.53. The number of benzene rings is 1. The number of hydrogen-bond donors (Lipinski definition) is 0. The first kappa shape index (κ1) is 24.7. The van der Waals surface area contributed by atoms with E-state index in [1.165, 1.54) is 35.5 Å². The van der Waals surface area contributed by atoms with Crippen molar-refractivity contribution in [1.29, 1.82) is 0 Å². The fourth-order valence-electron chi connectivity index (χ4n) is 4.22. The van der Waals surface area contributed by atoms with E-state index in [9.17, 15) is 18.0 Å². The van der Waals surface area contributed by atoms with Crippen LogP contribution in [-0.2, 0) is 21.4 Å². The number of sulfonamides is 1. The fourth-order valence-corrected chi connectivity index (χ4v) is 5.65. The Hall–Kier alpha value is -3.43. The summed E-state index contributed by atoms with van der Waals surface area (Å²) in [6.07, 6.45) is 5.00. The highest BCUT2D eigenvalue weighted by Gasteiger charge is 2.29. The number of piperazine rings is 1. The first-order valence-corrected chi connectivity index (χ1v) is 12.9. The van der Waals surface area contributed by atoms with Gasteiger partial charge in [-0.3, -0.25) is 9.59 Å². The largest absolute Gasteiger partial charge is 0.467 e. The van der Waals surface area contributed by atoms with E-state index < -0.39 is 10.0 Å². The Kier molecular flexibility index (Phi) is 7.09.